The molecule has 0 aromatic carbocycles. The van der Waals surface area contributed by atoms with E-state index >= 15 is 0 Å². The zero-order valence-electron chi connectivity index (χ0n) is 10.5. The van der Waals surface area contributed by atoms with Crippen molar-refractivity contribution < 1.29 is 9.90 Å². The minimum absolute atomic E-state index is 0.276. The highest BCUT2D eigenvalue weighted by molar-refractivity contribution is 5.76. The second-order valence-corrected chi connectivity index (χ2v) is 4.82. The molecule has 1 aliphatic rings. The van der Waals surface area contributed by atoms with Gasteiger partial charge >= 0.3 is 0 Å². The summed E-state index contributed by atoms with van der Waals surface area (Å²) >= 11 is 0. The van der Waals surface area contributed by atoms with Crippen molar-refractivity contribution in [2.24, 2.45) is 5.92 Å². The van der Waals surface area contributed by atoms with Crippen molar-refractivity contribution in [1.29, 1.82) is 0 Å². The van der Waals surface area contributed by atoms with E-state index in [0.717, 1.165) is 32.4 Å². The third kappa shape index (κ3) is 4.52. The summed E-state index contributed by atoms with van der Waals surface area (Å²) in [6, 6.07) is 0. The number of likely N-dealkylation sites (tertiary alicyclic amines) is 1. The van der Waals surface area contributed by atoms with E-state index in [0.29, 0.717) is 18.2 Å². The molecular formula is C13H25NO2. The largest absolute Gasteiger partial charge is 0.396 e. The van der Waals surface area contributed by atoms with Crippen LogP contribution in [0.4, 0.5) is 0 Å². The molecule has 94 valence electrons. The maximum absolute atomic E-state index is 11.8. The Morgan fingerprint density at radius 1 is 1.25 bits per heavy atom. The van der Waals surface area contributed by atoms with Gasteiger partial charge in [0.2, 0.25) is 5.91 Å². The molecule has 1 saturated heterocycles. The molecule has 1 amide bonds. The number of unbranched alkanes of at least 4 members (excludes halogenated alkanes) is 3. The van der Waals surface area contributed by atoms with Crippen molar-refractivity contribution in [2.75, 3.05) is 19.7 Å². The van der Waals surface area contributed by atoms with Gasteiger partial charge in [0.25, 0.3) is 0 Å². The maximum Gasteiger partial charge on any atom is 0.222 e. The standard InChI is InChI=1S/C13H25NO2/c1-2-3-4-5-6-13(16)14-9-7-12(11-15)8-10-14/h12,15H,2-11H2,1H3. The second kappa shape index (κ2) is 7.66. The summed E-state index contributed by atoms with van der Waals surface area (Å²) in [6.45, 7) is 4.15. The molecule has 1 aliphatic heterocycles. The number of carbonyl (C=O) groups is 1. The minimum Gasteiger partial charge on any atom is -0.396 e. The van der Waals surface area contributed by atoms with Gasteiger partial charge in [-0.25, -0.2) is 0 Å². The molecule has 0 atom stereocenters. The molecule has 1 rings (SSSR count). The summed E-state index contributed by atoms with van der Waals surface area (Å²) in [5.41, 5.74) is 0. The summed E-state index contributed by atoms with van der Waals surface area (Å²) in [7, 11) is 0. The quantitative estimate of drug-likeness (QED) is 0.707. The molecule has 0 aromatic heterocycles. The van der Waals surface area contributed by atoms with E-state index in [1.165, 1.54) is 19.3 Å². The lowest BCUT2D eigenvalue weighted by Gasteiger charge is -2.31. The summed E-state index contributed by atoms with van der Waals surface area (Å²) in [4.78, 5) is 13.8. The van der Waals surface area contributed by atoms with Crippen LogP contribution in [0.3, 0.4) is 0 Å². The Morgan fingerprint density at radius 2 is 1.94 bits per heavy atom. The Hall–Kier alpha value is -0.570. The van der Waals surface area contributed by atoms with Gasteiger partial charge in [0, 0.05) is 26.1 Å². The fourth-order valence-electron chi connectivity index (χ4n) is 2.23. The van der Waals surface area contributed by atoms with Crippen LogP contribution < -0.4 is 0 Å². The van der Waals surface area contributed by atoms with Crippen molar-refractivity contribution in [3.8, 4) is 0 Å². The van der Waals surface area contributed by atoms with E-state index in [1.807, 2.05) is 4.90 Å². The number of rotatable bonds is 6. The van der Waals surface area contributed by atoms with E-state index in [9.17, 15) is 4.79 Å². The predicted octanol–water partition coefficient (Wildman–Crippen LogP) is 2.19. The summed E-state index contributed by atoms with van der Waals surface area (Å²) in [5.74, 6) is 0.733. The van der Waals surface area contributed by atoms with Crippen molar-refractivity contribution in [2.45, 2.75) is 51.9 Å². The number of carbonyl (C=O) groups excluding carboxylic acids is 1. The fourth-order valence-corrected chi connectivity index (χ4v) is 2.23. The smallest absolute Gasteiger partial charge is 0.222 e. The first-order valence-electron chi connectivity index (χ1n) is 6.66. The van der Waals surface area contributed by atoms with Gasteiger partial charge < -0.3 is 10.0 Å². The average molecular weight is 227 g/mol. The third-order valence-electron chi connectivity index (χ3n) is 3.47. The van der Waals surface area contributed by atoms with Crippen molar-refractivity contribution >= 4 is 5.91 Å². The molecule has 0 aliphatic carbocycles. The Balaban J connectivity index is 2.13. The molecule has 1 heterocycles. The second-order valence-electron chi connectivity index (χ2n) is 4.82. The van der Waals surface area contributed by atoms with Crippen LogP contribution in [0.5, 0.6) is 0 Å². The number of aliphatic hydroxyl groups is 1. The topological polar surface area (TPSA) is 40.5 Å². The molecule has 16 heavy (non-hydrogen) atoms. The molecule has 0 unspecified atom stereocenters. The Labute approximate surface area is 98.8 Å². The first kappa shape index (κ1) is 13.5. The lowest BCUT2D eigenvalue weighted by atomic mass is 9.97. The Morgan fingerprint density at radius 3 is 2.50 bits per heavy atom. The lowest BCUT2D eigenvalue weighted by molar-refractivity contribution is -0.132. The van der Waals surface area contributed by atoms with Crippen LogP contribution >= 0.6 is 0 Å². The first-order chi connectivity index (χ1) is 7.77. The highest BCUT2D eigenvalue weighted by Gasteiger charge is 2.21. The SMILES string of the molecule is CCCCCCC(=O)N1CCC(CO)CC1. The number of amides is 1. The van der Waals surface area contributed by atoms with Crippen LogP contribution in [-0.2, 0) is 4.79 Å². The predicted molar refractivity (Wildman–Crippen MR) is 65.1 cm³/mol. The molecule has 3 nitrogen and oxygen atoms in total. The molecule has 0 spiro atoms. The molecule has 0 saturated carbocycles. The van der Waals surface area contributed by atoms with Gasteiger partial charge in [0.15, 0.2) is 0 Å². The van der Waals surface area contributed by atoms with Crippen LogP contribution in [0.2, 0.25) is 0 Å². The molecule has 1 fully saturated rings. The minimum atomic E-state index is 0.276. The van der Waals surface area contributed by atoms with Gasteiger partial charge in [-0.05, 0) is 25.2 Å². The average Bonchev–Trinajstić information content (AvgIpc) is 2.34. The van der Waals surface area contributed by atoms with E-state index in [2.05, 4.69) is 6.92 Å². The van der Waals surface area contributed by atoms with Crippen LogP contribution in [0, 0.1) is 5.92 Å². The normalized spacial score (nSPS) is 17.8. The number of hydrogen-bond donors (Lipinski definition) is 1. The van der Waals surface area contributed by atoms with Crippen LogP contribution in [0.1, 0.15) is 51.9 Å². The van der Waals surface area contributed by atoms with Crippen molar-refractivity contribution in [3.63, 3.8) is 0 Å². The molecule has 1 N–H and O–H groups in total. The van der Waals surface area contributed by atoms with Gasteiger partial charge in [-0.15, -0.1) is 0 Å². The molecule has 3 heteroatoms. The summed E-state index contributed by atoms with van der Waals surface area (Å²) < 4.78 is 0. The molecular weight excluding hydrogens is 202 g/mol. The molecule has 0 radical (unpaired) electrons. The lowest BCUT2D eigenvalue weighted by Crippen LogP contribution is -2.39. The van der Waals surface area contributed by atoms with E-state index < -0.39 is 0 Å². The third-order valence-corrected chi connectivity index (χ3v) is 3.47. The number of piperidine rings is 1. The van der Waals surface area contributed by atoms with Gasteiger partial charge in [0.1, 0.15) is 0 Å². The fraction of sp³-hybridized carbons (Fsp3) is 0.923. The van der Waals surface area contributed by atoms with Crippen LogP contribution in [0.15, 0.2) is 0 Å². The highest BCUT2D eigenvalue weighted by Crippen LogP contribution is 2.17. The van der Waals surface area contributed by atoms with Gasteiger partial charge in [-0.3, -0.25) is 4.79 Å². The van der Waals surface area contributed by atoms with E-state index in [4.69, 9.17) is 5.11 Å². The number of hydrogen-bond acceptors (Lipinski definition) is 2. The zero-order chi connectivity index (χ0) is 11.8. The number of aliphatic hydroxyl groups excluding tert-OH is 1. The van der Waals surface area contributed by atoms with Gasteiger partial charge in [-0.1, -0.05) is 26.2 Å². The Bertz CT molecular complexity index is 198. The molecule has 0 aromatic rings. The van der Waals surface area contributed by atoms with E-state index in [1.54, 1.807) is 0 Å². The maximum atomic E-state index is 11.8. The summed E-state index contributed by atoms with van der Waals surface area (Å²) in [5, 5.41) is 9.01. The van der Waals surface area contributed by atoms with Gasteiger partial charge in [0.05, 0.1) is 0 Å². The number of nitrogens with zero attached hydrogens (tertiary/aromatic N) is 1. The molecule has 0 bridgehead atoms. The highest BCUT2D eigenvalue weighted by atomic mass is 16.3. The Kier molecular flexibility index (Phi) is 6.46. The monoisotopic (exact) mass is 227 g/mol. The van der Waals surface area contributed by atoms with Crippen molar-refractivity contribution in [3.05, 3.63) is 0 Å². The first-order valence-corrected chi connectivity index (χ1v) is 6.66. The van der Waals surface area contributed by atoms with Crippen LogP contribution in [0.25, 0.3) is 0 Å². The van der Waals surface area contributed by atoms with E-state index in [-0.39, 0.29) is 6.61 Å². The van der Waals surface area contributed by atoms with Crippen molar-refractivity contribution in [1.82, 2.24) is 4.90 Å². The summed E-state index contributed by atoms with van der Waals surface area (Å²) in [6.07, 6.45) is 7.32. The van der Waals surface area contributed by atoms with Gasteiger partial charge in [-0.2, -0.15) is 0 Å². The van der Waals surface area contributed by atoms with Crippen LogP contribution in [-0.4, -0.2) is 35.6 Å². The zero-order valence-corrected chi connectivity index (χ0v) is 10.5.